The number of halogens is 3. The molecule has 2 rings (SSSR count). The van der Waals surface area contributed by atoms with Crippen LogP contribution in [0.15, 0.2) is 18.2 Å². The average Bonchev–Trinajstić information content (AvgIpc) is 2.67. The number of alkyl halides is 3. The van der Waals surface area contributed by atoms with Crippen molar-refractivity contribution in [2.75, 3.05) is 0 Å². The normalized spacial score (nSPS) is 12.0. The molecule has 0 saturated heterocycles. The van der Waals surface area contributed by atoms with Crippen molar-refractivity contribution in [1.29, 1.82) is 0 Å². The predicted molar refractivity (Wildman–Crippen MR) is 66.4 cm³/mol. The lowest BCUT2D eigenvalue weighted by Crippen LogP contribution is -2.14. The lowest BCUT2D eigenvalue weighted by molar-refractivity contribution is -0.147. The third kappa shape index (κ3) is 2.76. The third-order valence-corrected chi connectivity index (χ3v) is 2.87. The van der Waals surface area contributed by atoms with Gasteiger partial charge in [-0.15, -0.1) is 0 Å². The molecule has 0 unspecified atom stereocenters. The van der Waals surface area contributed by atoms with E-state index in [9.17, 15) is 18.0 Å². The standard InChI is InChI=1S/C13H13F3N2O2/c1-2-5-18-10-4-3-8(7-11(19)20)6-9(10)17-12(18)13(14,15)16/h3-4,6H,2,5,7H2,1H3,(H,19,20). The van der Waals surface area contributed by atoms with Crippen molar-refractivity contribution in [3.63, 3.8) is 0 Å². The van der Waals surface area contributed by atoms with Gasteiger partial charge in [-0.1, -0.05) is 13.0 Å². The smallest absolute Gasteiger partial charge is 0.449 e. The molecule has 0 fully saturated rings. The zero-order chi connectivity index (χ0) is 14.9. The van der Waals surface area contributed by atoms with Gasteiger partial charge in [-0.25, -0.2) is 4.98 Å². The van der Waals surface area contributed by atoms with Gasteiger partial charge in [-0.2, -0.15) is 13.2 Å². The first-order valence-corrected chi connectivity index (χ1v) is 6.11. The van der Waals surface area contributed by atoms with E-state index < -0.39 is 18.0 Å². The van der Waals surface area contributed by atoms with Crippen LogP contribution in [0.25, 0.3) is 11.0 Å². The zero-order valence-electron chi connectivity index (χ0n) is 10.7. The molecule has 1 N–H and O–H groups in total. The van der Waals surface area contributed by atoms with E-state index in [1.54, 1.807) is 6.92 Å². The van der Waals surface area contributed by atoms with Crippen molar-refractivity contribution in [2.45, 2.75) is 32.5 Å². The van der Waals surface area contributed by atoms with Crippen LogP contribution >= 0.6 is 0 Å². The maximum atomic E-state index is 12.9. The summed E-state index contributed by atoms with van der Waals surface area (Å²) >= 11 is 0. The number of carbonyl (C=O) groups is 1. The first-order valence-electron chi connectivity index (χ1n) is 6.11. The van der Waals surface area contributed by atoms with Crippen molar-refractivity contribution in [3.05, 3.63) is 29.6 Å². The quantitative estimate of drug-likeness (QED) is 0.939. The van der Waals surface area contributed by atoms with Crippen molar-refractivity contribution in [3.8, 4) is 0 Å². The number of carboxylic acids is 1. The van der Waals surface area contributed by atoms with Crippen LogP contribution in [-0.2, 0) is 23.9 Å². The number of hydrogen-bond donors (Lipinski definition) is 1. The number of aryl methyl sites for hydroxylation is 1. The molecule has 7 heteroatoms. The molecule has 0 bridgehead atoms. The lowest BCUT2D eigenvalue weighted by atomic mass is 10.1. The molecule has 0 amide bonds. The van der Waals surface area contributed by atoms with E-state index in [4.69, 9.17) is 5.11 Å². The van der Waals surface area contributed by atoms with Crippen LogP contribution in [0.1, 0.15) is 24.7 Å². The van der Waals surface area contributed by atoms with Gasteiger partial charge < -0.3 is 9.67 Å². The maximum Gasteiger partial charge on any atom is 0.449 e. The number of nitrogens with zero attached hydrogens (tertiary/aromatic N) is 2. The maximum absolute atomic E-state index is 12.9. The second-order valence-corrected chi connectivity index (χ2v) is 4.48. The summed E-state index contributed by atoms with van der Waals surface area (Å²) in [6.07, 6.45) is -4.22. The fourth-order valence-corrected chi connectivity index (χ4v) is 2.13. The molecule has 0 radical (unpaired) electrons. The number of imidazole rings is 1. The molecule has 2 aromatic rings. The molecule has 0 aliphatic carbocycles. The van der Waals surface area contributed by atoms with Gasteiger partial charge in [-0.3, -0.25) is 4.79 Å². The average molecular weight is 286 g/mol. The highest BCUT2D eigenvalue weighted by Crippen LogP contribution is 2.32. The molecule has 0 aliphatic rings. The Labute approximate surface area is 112 Å². The minimum absolute atomic E-state index is 0.171. The van der Waals surface area contributed by atoms with Crippen molar-refractivity contribution < 1.29 is 23.1 Å². The van der Waals surface area contributed by atoms with E-state index in [0.29, 0.717) is 17.5 Å². The topological polar surface area (TPSA) is 55.1 Å². The Balaban J connectivity index is 2.58. The molecule has 20 heavy (non-hydrogen) atoms. The monoisotopic (exact) mass is 286 g/mol. The highest BCUT2D eigenvalue weighted by Gasteiger charge is 2.37. The van der Waals surface area contributed by atoms with Gasteiger partial charge in [0.25, 0.3) is 0 Å². The lowest BCUT2D eigenvalue weighted by Gasteiger charge is -2.09. The molecule has 0 aliphatic heterocycles. The molecular formula is C13H13F3N2O2. The molecule has 1 aromatic carbocycles. The minimum atomic E-state index is -4.53. The summed E-state index contributed by atoms with van der Waals surface area (Å²) in [7, 11) is 0. The molecule has 0 atom stereocenters. The second-order valence-electron chi connectivity index (χ2n) is 4.48. The van der Waals surface area contributed by atoms with Gasteiger partial charge in [-0.05, 0) is 24.1 Å². The number of carboxylic acid groups (broad SMARTS) is 1. The van der Waals surface area contributed by atoms with Gasteiger partial charge in [0.15, 0.2) is 0 Å². The molecule has 4 nitrogen and oxygen atoms in total. The highest BCUT2D eigenvalue weighted by atomic mass is 19.4. The summed E-state index contributed by atoms with van der Waals surface area (Å²) in [5.41, 5.74) is 0.970. The molecular weight excluding hydrogens is 273 g/mol. The molecule has 0 saturated carbocycles. The Morgan fingerprint density at radius 2 is 2.10 bits per heavy atom. The van der Waals surface area contributed by atoms with Crippen LogP contribution in [0, 0.1) is 0 Å². The van der Waals surface area contributed by atoms with E-state index >= 15 is 0 Å². The predicted octanol–water partition coefficient (Wildman–Crippen LogP) is 3.09. The van der Waals surface area contributed by atoms with Gasteiger partial charge in [0.05, 0.1) is 17.5 Å². The van der Waals surface area contributed by atoms with E-state index in [1.165, 1.54) is 18.2 Å². The van der Waals surface area contributed by atoms with Crippen LogP contribution in [0.4, 0.5) is 13.2 Å². The molecule has 1 heterocycles. The summed E-state index contributed by atoms with van der Waals surface area (Å²) in [5, 5.41) is 8.71. The Kier molecular flexibility index (Phi) is 3.69. The van der Waals surface area contributed by atoms with E-state index in [2.05, 4.69) is 4.98 Å². The van der Waals surface area contributed by atoms with Crippen LogP contribution < -0.4 is 0 Å². The van der Waals surface area contributed by atoms with E-state index in [0.717, 1.165) is 4.57 Å². The third-order valence-electron chi connectivity index (χ3n) is 2.87. The summed E-state index contributed by atoms with van der Waals surface area (Å²) < 4.78 is 40.0. The largest absolute Gasteiger partial charge is 0.481 e. The summed E-state index contributed by atoms with van der Waals surface area (Å²) in [6.45, 7) is 1.99. The molecule has 1 aromatic heterocycles. The Bertz CT molecular complexity index is 647. The number of rotatable bonds is 4. The summed E-state index contributed by atoms with van der Waals surface area (Å²) in [6, 6.07) is 4.40. The fraction of sp³-hybridized carbons (Fsp3) is 0.385. The number of fused-ring (bicyclic) bond motifs is 1. The fourth-order valence-electron chi connectivity index (χ4n) is 2.13. The van der Waals surface area contributed by atoms with Gasteiger partial charge in [0, 0.05) is 6.54 Å². The first kappa shape index (κ1) is 14.4. The zero-order valence-corrected chi connectivity index (χ0v) is 10.7. The second kappa shape index (κ2) is 5.15. The van der Waals surface area contributed by atoms with Crippen molar-refractivity contribution in [2.24, 2.45) is 0 Å². The minimum Gasteiger partial charge on any atom is -0.481 e. The van der Waals surface area contributed by atoms with Crippen LogP contribution in [-0.4, -0.2) is 20.6 Å². The van der Waals surface area contributed by atoms with Crippen LogP contribution in [0.5, 0.6) is 0 Å². The Hall–Kier alpha value is -2.05. The van der Waals surface area contributed by atoms with E-state index in [-0.39, 0.29) is 18.5 Å². The number of aromatic nitrogens is 2. The highest BCUT2D eigenvalue weighted by molar-refractivity contribution is 5.79. The first-order chi connectivity index (χ1) is 9.32. The Morgan fingerprint density at radius 3 is 2.65 bits per heavy atom. The van der Waals surface area contributed by atoms with Crippen molar-refractivity contribution in [1.82, 2.24) is 9.55 Å². The summed E-state index contributed by atoms with van der Waals surface area (Å²) in [5.74, 6) is -1.98. The number of benzene rings is 1. The van der Waals surface area contributed by atoms with Gasteiger partial charge in [0.1, 0.15) is 0 Å². The van der Waals surface area contributed by atoms with Gasteiger partial charge in [0.2, 0.25) is 5.82 Å². The van der Waals surface area contributed by atoms with E-state index in [1.807, 2.05) is 0 Å². The molecule has 108 valence electrons. The number of hydrogen-bond acceptors (Lipinski definition) is 2. The van der Waals surface area contributed by atoms with Gasteiger partial charge >= 0.3 is 12.1 Å². The number of aliphatic carboxylic acids is 1. The van der Waals surface area contributed by atoms with Crippen LogP contribution in [0.2, 0.25) is 0 Å². The van der Waals surface area contributed by atoms with Crippen molar-refractivity contribution >= 4 is 17.0 Å². The Morgan fingerprint density at radius 1 is 1.40 bits per heavy atom. The van der Waals surface area contributed by atoms with Crippen LogP contribution in [0.3, 0.4) is 0 Å². The molecule has 0 spiro atoms. The summed E-state index contributed by atoms with van der Waals surface area (Å²) in [4.78, 5) is 14.2. The SMILES string of the molecule is CCCn1c(C(F)(F)F)nc2cc(CC(=O)O)ccc21.